The van der Waals surface area contributed by atoms with Crippen LogP contribution in [0.2, 0.25) is 0 Å². The maximum absolute atomic E-state index is 13.1. The summed E-state index contributed by atoms with van der Waals surface area (Å²) in [6.07, 6.45) is 0. The minimum Gasteiger partial charge on any atom is -0.497 e. The van der Waals surface area contributed by atoms with Crippen molar-refractivity contribution < 1.29 is 23.9 Å². The summed E-state index contributed by atoms with van der Waals surface area (Å²) in [4.78, 5) is 41.7. The van der Waals surface area contributed by atoms with Crippen LogP contribution in [0, 0.1) is 0 Å². The molecular formula is C27H32N4O5. The molecular weight excluding hydrogens is 460 g/mol. The molecule has 0 aromatic heterocycles. The van der Waals surface area contributed by atoms with E-state index in [1.807, 2.05) is 48.5 Å². The van der Waals surface area contributed by atoms with E-state index in [1.165, 1.54) is 0 Å². The van der Waals surface area contributed by atoms with E-state index < -0.39 is 12.0 Å². The fourth-order valence-corrected chi connectivity index (χ4v) is 4.56. The number of carbonyl (C=O) groups excluding carboxylic acids is 3. The molecule has 1 fully saturated rings. The third kappa shape index (κ3) is 5.68. The van der Waals surface area contributed by atoms with Gasteiger partial charge in [0.2, 0.25) is 0 Å². The Hall–Kier alpha value is -3.85. The molecule has 1 atom stereocenters. The third-order valence-corrected chi connectivity index (χ3v) is 6.47. The van der Waals surface area contributed by atoms with Crippen LogP contribution >= 0.6 is 0 Å². The monoisotopic (exact) mass is 492 g/mol. The fourth-order valence-electron chi connectivity index (χ4n) is 4.56. The summed E-state index contributed by atoms with van der Waals surface area (Å²) in [7, 11) is 1.57. The molecule has 0 spiro atoms. The van der Waals surface area contributed by atoms with Crippen LogP contribution in [0.5, 0.6) is 5.75 Å². The molecule has 2 aromatic rings. The van der Waals surface area contributed by atoms with Gasteiger partial charge in [-0.15, -0.1) is 0 Å². The second-order valence-corrected chi connectivity index (χ2v) is 8.79. The van der Waals surface area contributed by atoms with Gasteiger partial charge in [-0.05, 0) is 55.8 Å². The number of ketones is 1. The molecule has 9 heteroatoms. The highest BCUT2D eigenvalue weighted by Gasteiger charge is 2.35. The fraction of sp³-hybridized carbons (Fsp3) is 0.370. The minimum absolute atomic E-state index is 0.0494. The van der Waals surface area contributed by atoms with Gasteiger partial charge in [-0.3, -0.25) is 9.69 Å². The smallest absolute Gasteiger partial charge is 0.338 e. The number of hydrogen-bond acceptors (Lipinski definition) is 7. The van der Waals surface area contributed by atoms with Crippen LogP contribution in [0.4, 0.5) is 10.5 Å². The summed E-state index contributed by atoms with van der Waals surface area (Å²) in [6.45, 7) is 7.04. The number of piperazine rings is 1. The summed E-state index contributed by atoms with van der Waals surface area (Å²) in [5.74, 6) is 0.225. The predicted octanol–water partition coefficient (Wildman–Crippen LogP) is 2.89. The molecule has 2 aliphatic rings. The highest BCUT2D eigenvalue weighted by molar-refractivity contribution is 5.95. The van der Waals surface area contributed by atoms with E-state index in [1.54, 1.807) is 21.0 Å². The largest absolute Gasteiger partial charge is 0.497 e. The van der Waals surface area contributed by atoms with Crippen LogP contribution < -0.4 is 20.3 Å². The van der Waals surface area contributed by atoms with E-state index in [4.69, 9.17) is 9.47 Å². The summed E-state index contributed by atoms with van der Waals surface area (Å²) >= 11 is 0. The number of esters is 1. The lowest BCUT2D eigenvalue weighted by atomic mass is 9.94. The van der Waals surface area contributed by atoms with Crippen LogP contribution in [0.15, 0.2) is 59.8 Å². The maximum atomic E-state index is 13.1. The van der Waals surface area contributed by atoms with Gasteiger partial charge in [0.05, 0.1) is 25.3 Å². The molecule has 36 heavy (non-hydrogen) atoms. The molecule has 0 unspecified atom stereocenters. The van der Waals surface area contributed by atoms with Crippen molar-refractivity contribution in [2.45, 2.75) is 19.9 Å². The predicted molar refractivity (Wildman–Crippen MR) is 136 cm³/mol. The van der Waals surface area contributed by atoms with Crippen LogP contribution in [-0.4, -0.2) is 69.1 Å². The van der Waals surface area contributed by atoms with Gasteiger partial charge >= 0.3 is 12.0 Å². The van der Waals surface area contributed by atoms with E-state index in [9.17, 15) is 14.4 Å². The summed E-state index contributed by atoms with van der Waals surface area (Å²) in [6, 6.07) is 13.9. The van der Waals surface area contributed by atoms with Gasteiger partial charge in [-0.1, -0.05) is 12.1 Å². The van der Waals surface area contributed by atoms with Gasteiger partial charge in [0, 0.05) is 49.7 Å². The van der Waals surface area contributed by atoms with Gasteiger partial charge in [-0.25, -0.2) is 9.59 Å². The van der Waals surface area contributed by atoms with Crippen LogP contribution in [0.1, 0.15) is 35.8 Å². The zero-order chi connectivity index (χ0) is 25.7. The second kappa shape index (κ2) is 11.3. The normalized spacial score (nSPS) is 18.4. The second-order valence-electron chi connectivity index (χ2n) is 8.79. The Labute approximate surface area is 211 Å². The average molecular weight is 493 g/mol. The summed E-state index contributed by atoms with van der Waals surface area (Å²) in [5.41, 5.74) is 3.45. The Morgan fingerprint density at radius 1 is 1.06 bits per heavy atom. The molecule has 0 aliphatic carbocycles. The Morgan fingerprint density at radius 3 is 2.42 bits per heavy atom. The number of rotatable bonds is 8. The van der Waals surface area contributed by atoms with Gasteiger partial charge in [-0.2, -0.15) is 0 Å². The number of benzene rings is 2. The van der Waals surface area contributed by atoms with E-state index in [0.29, 0.717) is 29.1 Å². The molecule has 9 nitrogen and oxygen atoms in total. The lowest BCUT2D eigenvalue weighted by Crippen LogP contribution is -2.51. The lowest BCUT2D eigenvalue weighted by molar-refractivity contribution is -0.139. The van der Waals surface area contributed by atoms with Crippen molar-refractivity contribution in [1.82, 2.24) is 15.5 Å². The Kier molecular flexibility index (Phi) is 7.90. The van der Waals surface area contributed by atoms with Crippen molar-refractivity contribution in [3.63, 3.8) is 0 Å². The molecule has 190 valence electrons. The molecule has 2 aliphatic heterocycles. The third-order valence-electron chi connectivity index (χ3n) is 6.47. The molecule has 2 heterocycles. The van der Waals surface area contributed by atoms with E-state index in [2.05, 4.69) is 20.4 Å². The summed E-state index contributed by atoms with van der Waals surface area (Å²) < 4.78 is 10.7. The molecule has 2 amide bonds. The highest BCUT2D eigenvalue weighted by atomic mass is 16.5. The molecule has 0 bridgehead atoms. The molecule has 1 saturated heterocycles. The molecule has 0 radical (unpaired) electrons. The van der Waals surface area contributed by atoms with E-state index in [-0.39, 0.29) is 18.4 Å². The number of nitrogens with one attached hydrogen (secondary N) is 2. The molecule has 2 aromatic carbocycles. The zero-order valence-corrected chi connectivity index (χ0v) is 20.9. The number of methoxy groups -OCH3 is 1. The highest BCUT2D eigenvalue weighted by Crippen LogP contribution is 2.30. The van der Waals surface area contributed by atoms with Crippen molar-refractivity contribution in [2.75, 3.05) is 51.3 Å². The van der Waals surface area contributed by atoms with Crippen LogP contribution in [-0.2, 0) is 9.53 Å². The molecule has 2 N–H and O–H groups in total. The van der Waals surface area contributed by atoms with Crippen LogP contribution in [0.3, 0.4) is 0 Å². The van der Waals surface area contributed by atoms with Gasteiger partial charge in [0.1, 0.15) is 5.75 Å². The number of nitrogens with zero attached hydrogens (tertiary/aromatic N) is 2. The van der Waals surface area contributed by atoms with Crippen molar-refractivity contribution in [3.8, 4) is 5.75 Å². The maximum Gasteiger partial charge on any atom is 0.338 e. The number of ether oxygens (including phenoxy) is 2. The number of anilines is 1. The lowest BCUT2D eigenvalue weighted by Gasteiger charge is -2.38. The number of carbonyl (C=O) groups is 3. The van der Waals surface area contributed by atoms with Gasteiger partial charge in [0.15, 0.2) is 5.78 Å². The van der Waals surface area contributed by atoms with Crippen molar-refractivity contribution in [2.24, 2.45) is 0 Å². The quantitative estimate of drug-likeness (QED) is 0.432. The Bertz CT molecular complexity index is 1150. The number of amides is 2. The van der Waals surface area contributed by atoms with Crippen molar-refractivity contribution in [1.29, 1.82) is 0 Å². The first-order chi connectivity index (χ1) is 17.4. The first kappa shape index (κ1) is 25.2. The minimum atomic E-state index is -0.649. The number of hydrogen-bond donors (Lipinski definition) is 2. The Morgan fingerprint density at radius 2 is 1.78 bits per heavy atom. The van der Waals surface area contributed by atoms with Gasteiger partial charge < -0.3 is 25.0 Å². The topological polar surface area (TPSA) is 100 Å². The average Bonchev–Trinajstić information content (AvgIpc) is 2.89. The van der Waals surface area contributed by atoms with Crippen molar-refractivity contribution >= 4 is 23.5 Å². The van der Waals surface area contributed by atoms with Gasteiger partial charge in [0.25, 0.3) is 0 Å². The zero-order valence-electron chi connectivity index (χ0n) is 20.9. The first-order valence-corrected chi connectivity index (χ1v) is 12.1. The van der Waals surface area contributed by atoms with E-state index >= 15 is 0 Å². The summed E-state index contributed by atoms with van der Waals surface area (Å²) in [5, 5.41) is 5.72. The first-order valence-electron chi connectivity index (χ1n) is 12.1. The standard InChI is InChI=1S/C27H32N4O5/c1-4-36-26(33)24-23(28-27(34)29-25(24)20-6-5-7-22(16-20)35-3)17-30-12-14-31(15-13-30)21-10-8-19(9-11-21)18(2)32/h5-11,16,25H,4,12-15,17H2,1-3H3,(H2,28,29,34)/t25-/m0/s1. The Balaban J connectivity index is 1.53. The number of Topliss-reactive ketones (excluding diaryl/α,β-unsaturated/α-hetero) is 1. The van der Waals surface area contributed by atoms with Crippen LogP contribution in [0.25, 0.3) is 0 Å². The SMILES string of the molecule is CCOC(=O)C1=C(CN2CCN(c3ccc(C(C)=O)cc3)CC2)NC(=O)N[C@H]1c1cccc(OC)c1. The van der Waals surface area contributed by atoms with E-state index in [0.717, 1.165) is 37.4 Å². The molecule has 0 saturated carbocycles. The number of urea groups is 1. The molecule has 4 rings (SSSR count). The van der Waals surface area contributed by atoms with Crippen molar-refractivity contribution in [3.05, 3.63) is 70.9 Å².